The van der Waals surface area contributed by atoms with Gasteiger partial charge < -0.3 is 5.11 Å². The van der Waals surface area contributed by atoms with E-state index in [1.807, 2.05) is 11.8 Å². The Morgan fingerprint density at radius 1 is 1.25 bits per heavy atom. The van der Waals surface area contributed by atoms with Gasteiger partial charge in [-0.1, -0.05) is 20.3 Å². The van der Waals surface area contributed by atoms with Crippen LogP contribution in [-0.4, -0.2) is 29.3 Å². The van der Waals surface area contributed by atoms with Crippen LogP contribution in [-0.2, 0) is 4.79 Å². The first-order chi connectivity index (χ1) is 9.06. The maximum Gasteiger partial charge on any atom is 1.00 e. The van der Waals surface area contributed by atoms with E-state index in [1.165, 1.54) is 12.8 Å². The van der Waals surface area contributed by atoms with Gasteiger partial charge in [0.2, 0.25) is 5.91 Å². The number of imide groups is 1. The van der Waals surface area contributed by atoms with Gasteiger partial charge in [0.15, 0.2) is 0 Å². The molecule has 5 nitrogen and oxygen atoms in total. The smallest absolute Gasteiger partial charge is 0.861 e. The Morgan fingerprint density at radius 3 is 2.45 bits per heavy atom. The van der Waals surface area contributed by atoms with Crippen LogP contribution in [0, 0.1) is 5.41 Å². The Morgan fingerprint density at radius 2 is 1.90 bits per heavy atom. The molecule has 0 aromatic heterocycles. The first-order valence-corrected chi connectivity index (χ1v) is 7.91. The molecule has 0 saturated carbocycles. The molecule has 108 valence electrons. The van der Waals surface area contributed by atoms with E-state index in [-0.39, 0.29) is 29.6 Å². The topological polar surface area (TPSA) is 81.6 Å². The fraction of sp³-hybridized carbons (Fsp3) is 0.769. The van der Waals surface area contributed by atoms with Crippen molar-refractivity contribution in [3.63, 3.8) is 0 Å². The number of hydrogen-bond donors (Lipinski definition) is 1. The van der Waals surface area contributed by atoms with Crippen molar-refractivity contribution in [1.29, 1.82) is 0 Å². The molecule has 0 aromatic carbocycles. The van der Waals surface area contributed by atoms with E-state index in [0.717, 1.165) is 17.9 Å². The summed E-state index contributed by atoms with van der Waals surface area (Å²) in [5, 5.41) is 14.0. The summed E-state index contributed by atoms with van der Waals surface area (Å²) in [6.45, 7) is 3.93. The standard InChI is InChI=1S/C13H22N2O3S.Na/c1-3-5-8-19-9-6-7-13(4-2)10(16)14-12(18)15-11(13)17;/h3-9H2,1-2H3,(H2,14,15,16,17,18);/q;+1/p-1. The van der Waals surface area contributed by atoms with Gasteiger partial charge in [-0.05, 0) is 43.1 Å². The maximum absolute atomic E-state index is 11.9. The molecule has 1 heterocycles. The predicted octanol–water partition coefficient (Wildman–Crippen LogP) is -1.29. The molecule has 1 rings (SSSR count). The van der Waals surface area contributed by atoms with Crippen LogP contribution in [0.4, 0.5) is 4.79 Å². The van der Waals surface area contributed by atoms with Gasteiger partial charge >= 0.3 is 35.6 Å². The summed E-state index contributed by atoms with van der Waals surface area (Å²) >= 11 is 1.84. The van der Waals surface area contributed by atoms with Crippen LogP contribution < -0.4 is 40.0 Å². The summed E-state index contributed by atoms with van der Waals surface area (Å²) in [7, 11) is 0. The van der Waals surface area contributed by atoms with Gasteiger partial charge in [0, 0.05) is 0 Å². The second-order valence-corrected chi connectivity index (χ2v) is 5.91. The Bertz CT molecular complexity index is 377. The summed E-state index contributed by atoms with van der Waals surface area (Å²) in [6, 6.07) is -0.837. The van der Waals surface area contributed by atoms with Gasteiger partial charge in [-0.3, -0.25) is 10.1 Å². The van der Waals surface area contributed by atoms with Crippen molar-refractivity contribution in [3.8, 4) is 0 Å². The first-order valence-electron chi connectivity index (χ1n) is 6.76. The average Bonchev–Trinajstić information content (AvgIpc) is 2.36. The zero-order valence-corrected chi connectivity index (χ0v) is 15.3. The van der Waals surface area contributed by atoms with Gasteiger partial charge in [-0.2, -0.15) is 11.8 Å². The van der Waals surface area contributed by atoms with Crippen molar-refractivity contribution >= 4 is 29.6 Å². The zero-order chi connectivity index (χ0) is 14.3. The van der Waals surface area contributed by atoms with Gasteiger partial charge in [0.25, 0.3) is 0 Å². The number of rotatable bonds is 8. The van der Waals surface area contributed by atoms with Crippen molar-refractivity contribution < 1.29 is 44.3 Å². The second kappa shape index (κ2) is 9.82. The van der Waals surface area contributed by atoms with E-state index in [4.69, 9.17) is 0 Å². The monoisotopic (exact) mass is 308 g/mol. The van der Waals surface area contributed by atoms with E-state index in [9.17, 15) is 14.7 Å². The molecule has 20 heavy (non-hydrogen) atoms. The number of carbonyl (C=O) groups is 2. The normalized spacial score (nSPS) is 22.0. The minimum Gasteiger partial charge on any atom is -0.861 e. The Balaban J connectivity index is 0.00000361. The maximum atomic E-state index is 11.9. The number of hydrogen-bond acceptors (Lipinski definition) is 4. The van der Waals surface area contributed by atoms with E-state index in [0.29, 0.717) is 12.8 Å². The van der Waals surface area contributed by atoms with Crippen LogP contribution in [0.1, 0.15) is 46.0 Å². The number of nitrogens with one attached hydrogen (secondary N) is 1. The fourth-order valence-corrected chi connectivity index (χ4v) is 3.12. The number of thioether (sulfide) groups is 1. The van der Waals surface area contributed by atoms with Crippen molar-refractivity contribution in [1.82, 2.24) is 5.32 Å². The Labute approximate surface area is 146 Å². The van der Waals surface area contributed by atoms with Gasteiger partial charge in [0.05, 0.1) is 5.41 Å². The SMILES string of the molecule is CCCCSCCCC1(CC)C(=O)NC(=O)N=C1[O-].[Na+]. The third-order valence-electron chi connectivity index (χ3n) is 3.41. The third-order valence-corrected chi connectivity index (χ3v) is 4.56. The molecule has 1 unspecified atom stereocenters. The Kier molecular flexibility index (Phi) is 9.80. The third kappa shape index (κ3) is 5.06. The molecule has 0 fully saturated rings. The van der Waals surface area contributed by atoms with E-state index in [1.54, 1.807) is 6.92 Å². The molecule has 3 amide bonds. The molecule has 1 N–H and O–H groups in total. The van der Waals surface area contributed by atoms with Crippen LogP contribution in [0.25, 0.3) is 0 Å². The number of nitrogens with zero attached hydrogens (tertiary/aromatic N) is 1. The molecule has 0 spiro atoms. The van der Waals surface area contributed by atoms with Gasteiger partial charge in [0.1, 0.15) is 0 Å². The van der Waals surface area contributed by atoms with E-state index < -0.39 is 23.3 Å². The van der Waals surface area contributed by atoms with Crippen molar-refractivity contribution in [2.24, 2.45) is 10.4 Å². The summed E-state index contributed by atoms with van der Waals surface area (Å²) < 4.78 is 0. The zero-order valence-electron chi connectivity index (χ0n) is 12.5. The number of unbranched alkanes of at least 4 members (excludes halogenated alkanes) is 1. The molecule has 1 aliphatic rings. The second-order valence-electron chi connectivity index (χ2n) is 4.68. The van der Waals surface area contributed by atoms with E-state index >= 15 is 0 Å². The van der Waals surface area contributed by atoms with Crippen molar-refractivity contribution in [3.05, 3.63) is 0 Å². The number of aliphatic imine (C=N–C) groups is 1. The first kappa shape index (κ1) is 20.0. The van der Waals surface area contributed by atoms with Crippen molar-refractivity contribution in [2.45, 2.75) is 46.0 Å². The summed E-state index contributed by atoms with van der Waals surface area (Å²) in [5.41, 5.74) is -1.13. The molecule has 7 heteroatoms. The predicted molar refractivity (Wildman–Crippen MR) is 75.2 cm³/mol. The summed E-state index contributed by atoms with van der Waals surface area (Å²) in [6.07, 6.45) is 3.99. The molecule has 1 aliphatic heterocycles. The van der Waals surface area contributed by atoms with Crippen molar-refractivity contribution in [2.75, 3.05) is 11.5 Å². The summed E-state index contributed by atoms with van der Waals surface area (Å²) in [4.78, 5) is 26.3. The van der Waals surface area contributed by atoms with Gasteiger partial charge in [-0.25, -0.2) is 9.79 Å². The summed E-state index contributed by atoms with van der Waals surface area (Å²) in [5.74, 6) is 0.968. The number of urea groups is 1. The molecule has 0 bridgehead atoms. The molecule has 1 atom stereocenters. The van der Waals surface area contributed by atoms with Crippen LogP contribution in [0.5, 0.6) is 0 Å². The van der Waals surface area contributed by atoms with Crippen LogP contribution >= 0.6 is 11.8 Å². The minimum absolute atomic E-state index is 0. The molecular formula is C13H21N2NaO3S. The molecule has 0 saturated heterocycles. The molecular weight excluding hydrogens is 287 g/mol. The Hall–Kier alpha value is -0.0400. The fourth-order valence-electron chi connectivity index (χ4n) is 2.07. The molecule has 0 aliphatic carbocycles. The van der Waals surface area contributed by atoms with Crippen LogP contribution in [0.15, 0.2) is 4.99 Å². The molecule has 0 aromatic rings. The average molecular weight is 308 g/mol. The van der Waals surface area contributed by atoms with Crippen LogP contribution in [0.2, 0.25) is 0 Å². The van der Waals surface area contributed by atoms with Gasteiger partial charge in [-0.15, -0.1) is 0 Å². The van der Waals surface area contributed by atoms with E-state index in [2.05, 4.69) is 17.2 Å². The number of amides is 3. The van der Waals surface area contributed by atoms with Crippen LogP contribution in [0.3, 0.4) is 0 Å². The molecule has 0 radical (unpaired) electrons. The largest absolute Gasteiger partial charge is 1.00 e. The minimum atomic E-state index is -1.13. The number of carbonyl (C=O) groups excluding carboxylic acids is 2. The quantitative estimate of drug-likeness (QED) is 0.447.